The first-order valence-corrected chi connectivity index (χ1v) is 12.6. The van der Waals surface area contributed by atoms with Gasteiger partial charge >= 0.3 is 12.1 Å². The molecule has 1 atom stereocenters. The van der Waals surface area contributed by atoms with Crippen LogP contribution in [0.1, 0.15) is 55.6 Å². The number of carbonyl (C=O) groups excluding carboxylic acids is 2. The number of carboxylic acid groups (broad SMARTS) is 1. The molecule has 2 amide bonds. The largest absolute Gasteiger partial charge is 0.481 e. The van der Waals surface area contributed by atoms with Gasteiger partial charge in [-0.1, -0.05) is 55.0 Å². The van der Waals surface area contributed by atoms with Crippen molar-refractivity contribution in [2.24, 2.45) is 17.3 Å². The Bertz CT molecular complexity index is 1080. The number of nitrogens with one attached hydrogen (secondary N) is 2. The minimum atomic E-state index is -0.834. The molecule has 7 heteroatoms. The third-order valence-electron chi connectivity index (χ3n) is 7.98. The quantitative estimate of drug-likeness (QED) is 0.474. The molecule has 2 aromatic carbocycles. The summed E-state index contributed by atoms with van der Waals surface area (Å²) in [5, 5.41) is 15.1. The van der Waals surface area contributed by atoms with Gasteiger partial charge in [-0.15, -0.1) is 0 Å². The molecule has 5 rings (SSSR count). The van der Waals surface area contributed by atoms with Crippen molar-refractivity contribution in [1.29, 1.82) is 0 Å². The van der Waals surface area contributed by atoms with Gasteiger partial charge in [0.25, 0.3) is 0 Å². The van der Waals surface area contributed by atoms with E-state index >= 15 is 0 Å². The van der Waals surface area contributed by atoms with Crippen molar-refractivity contribution >= 4 is 18.0 Å². The number of hydrogen-bond acceptors (Lipinski definition) is 4. The van der Waals surface area contributed by atoms with Crippen LogP contribution in [-0.4, -0.2) is 42.8 Å². The lowest BCUT2D eigenvalue weighted by molar-refractivity contribution is -0.154. The van der Waals surface area contributed by atoms with Gasteiger partial charge < -0.3 is 20.5 Å². The molecule has 0 saturated heterocycles. The molecular weight excluding hydrogens is 444 g/mol. The van der Waals surface area contributed by atoms with Crippen molar-refractivity contribution < 1.29 is 24.2 Å². The van der Waals surface area contributed by atoms with Gasteiger partial charge in [-0.05, 0) is 59.8 Å². The van der Waals surface area contributed by atoms with Crippen LogP contribution in [0, 0.1) is 17.3 Å². The molecule has 3 aliphatic rings. The number of fused-ring (bicyclic) bond motifs is 3. The molecule has 3 N–H and O–H groups in total. The zero-order valence-corrected chi connectivity index (χ0v) is 19.8. The second-order valence-electron chi connectivity index (χ2n) is 10.2. The molecule has 0 radical (unpaired) electrons. The lowest BCUT2D eigenvalue weighted by Crippen LogP contribution is -2.48. The highest BCUT2D eigenvalue weighted by Gasteiger charge is 2.44. The first kappa shape index (κ1) is 23.4. The van der Waals surface area contributed by atoms with Gasteiger partial charge in [0.15, 0.2) is 0 Å². The molecule has 0 spiro atoms. The molecule has 0 aliphatic heterocycles. The lowest BCUT2D eigenvalue weighted by Gasteiger charge is -2.37. The fourth-order valence-electron chi connectivity index (χ4n) is 5.48. The lowest BCUT2D eigenvalue weighted by atomic mass is 9.69. The zero-order chi connectivity index (χ0) is 24.4. The number of carboxylic acids is 1. The summed E-state index contributed by atoms with van der Waals surface area (Å²) in [6.45, 7) is 0.808. The van der Waals surface area contributed by atoms with Crippen molar-refractivity contribution in [2.75, 3.05) is 19.7 Å². The van der Waals surface area contributed by atoms with Gasteiger partial charge in [-0.3, -0.25) is 9.59 Å². The minimum Gasteiger partial charge on any atom is -0.481 e. The Kier molecular flexibility index (Phi) is 6.50. The molecule has 0 heterocycles. The highest BCUT2D eigenvalue weighted by atomic mass is 16.5. The van der Waals surface area contributed by atoms with Crippen LogP contribution >= 0.6 is 0 Å². The predicted molar refractivity (Wildman–Crippen MR) is 131 cm³/mol. The van der Waals surface area contributed by atoms with Crippen molar-refractivity contribution in [3.63, 3.8) is 0 Å². The van der Waals surface area contributed by atoms with E-state index in [1.54, 1.807) is 0 Å². The van der Waals surface area contributed by atoms with Crippen LogP contribution in [0.2, 0.25) is 0 Å². The summed E-state index contributed by atoms with van der Waals surface area (Å²) in [5.41, 5.74) is 3.90. The standard InChI is InChI=1S/C28H32N2O5/c31-25(30-17-28(26(32)33)12-5-13-28)14-19(18-10-11-18)15-29-27(34)35-16-24-22-8-3-1-6-20(22)21-7-2-4-9-23(21)24/h1-4,6-9,18-19,24H,5,10-17H2,(H,29,34)(H,30,31)(H,32,33). The van der Waals surface area contributed by atoms with E-state index in [4.69, 9.17) is 4.74 Å². The van der Waals surface area contributed by atoms with Crippen LogP contribution in [-0.2, 0) is 14.3 Å². The third-order valence-corrected chi connectivity index (χ3v) is 7.98. The van der Waals surface area contributed by atoms with Gasteiger partial charge in [-0.2, -0.15) is 0 Å². The van der Waals surface area contributed by atoms with E-state index in [9.17, 15) is 19.5 Å². The van der Waals surface area contributed by atoms with Crippen LogP contribution in [0.5, 0.6) is 0 Å². The van der Waals surface area contributed by atoms with Crippen LogP contribution < -0.4 is 10.6 Å². The van der Waals surface area contributed by atoms with E-state index in [-0.39, 0.29) is 37.3 Å². The average Bonchev–Trinajstić information content (AvgIpc) is 3.62. The minimum absolute atomic E-state index is 0.00576. The number of hydrogen-bond donors (Lipinski definition) is 3. The number of amides is 2. The summed E-state index contributed by atoms with van der Waals surface area (Å²) in [6.07, 6.45) is 4.00. The molecule has 2 aromatic rings. The molecule has 1 unspecified atom stereocenters. The van der Waals surface area contributed by atoms with E-state index in [0.717, 1.165) is 19.3 Å². The SMILES string of the molecule is O=C(CC(CNC(=O)OCC1c2ccccc2-c2ccccc21)C1CC1)NCC1(C(=O)O)CCC1. The van der Waals surface area contributed by atoms with Gasteiger partial charge in [0.2, 0.25) is 5.91 Å². The Morgan fingerprint density at radius 3 is 2.14 bits per heavy atom. The maximum atomic E-state index is 12.5. The molecule has 35 heavy (non-hydrogen) atoms. The number of aliphatic carboxylic acids is 1. The maximum absolute atomic E-state index is 12.5. The second kappa shape index (κ2) is 9.72. The molecule has 2 saturated carbocycles. The van der Waals surface area contributed by atoms with E-state index < -0.39 is 17.5 Å². The summed E-state index contributed by atoms with van der Waals surface area (Å²) in [5.74, 6) is -0.542. The summed E-state index contributed by atoms with van der Waals surface area (Å²) in [7, 11) is 0. The summed E-state index contributed by atoms with van der Waals surface area (Å²) < 4.78 is 5.62. The monoisotopic (exact) mass is 476 g/mol. The molecule has 0 bridgehead atoms. The van der Waals surface area contributed by atoms with E-state index in [1.165, 1.54) is 22.3 Å². The smallest absolute Gasteiger partial charge is 0.407 e. The molecule has 7 nitrogen and oxygen atoms in total. The van der Waals surface area contributed by atoms with Crippen LogP contribution in [0.4, 0.5) is 4.79 Å². The fraction of sp³-hybridized carbons (Fsp3) is 0.464. The number of benzene rings is 2. The normalized spacial score (nSPS) is 18.5. The summed E-state index contributed by atoms with van der Waals surface area (Å²) in [6, 6.07) is 16.4. The topological polar surface area (TPSA) is 105 Å². The van der Waals surface area contributed by atoms with Gasteiger partial charge in [0, 0.05) is 25.4 Å². The maximum Gasteiger partial charge on any atom is 0.407 e. The van der Waals surface area contributed by atoms with Crippen LogP contribution in [0.3, 0.4) is 0 Å². The predicted octanol–water partition coefficient (Wildman–Crippen LogP) is 4.31. The van der Waals surface area contributed by atoms with Crippen LogP contribution in [0.25, 0.3) is 11.1 Å². The van der Waals surface area contributed by atoms with Crippen LogP contribution in [0.15, 0.2) is 48.5 Å². The van der Waals surface area contributed by atoms with Gasteiger partial charge in [0.05, 0.1) is 5.41 Å². The first-order valence-electron chi connectivity index (χ1n) is 12.6. The average molecular weight is 477 g/mol. The van der Waals surface area contributed by atoms with Crippen molar-refractivity contribution in [2.45, 2.75) is 44.4 Å². The summed E-state index contributed by atoms with van der Waals surface area (Å²) in [4.78, 5) is 36.6. The van der Waals surface area contributed by atoms with Crippen molar-refractivity contribution in [1.82, 2.24) is 10.6 Å². The molecule has 184 valence electrons. The Balaban J connectivity index is 1.11. The fourth-order valence-corrected chi connectivity index (χ4v) is 5.48. The van der Waals surface area contributed by atoms with Gasteiger partial charge in [0.1, 0.15) is 6.61 Å². The Hall–Kier alpha value is -3.35. The number of alkyl carbamates (subject to hydrolysis) is 1. The molecule has 3 aliphatic carbocycles. The third kappa shape index (κ3) is 4.90. The highest BCUT2D eigenvalue weighted by Crippen LogP contribution is 2.44. The Morgan fingerprint density at radius 2 is 1.60 bits per heavy atom. The zero-order valence-electron chi connectivity index (χ0n) is 19.8. The number of ether oxygens (including phenoxy) is 1. The highest BCUT2D eigenvalue weighted by molar-refractivity contribution is 5.80. The van der Waals surface area contributed by atoms with Crippen molar-refractivity contribution in [3.8, 4) is 11.1 Å². The first-order chi connectivity index (χ1) is 17.0. The number of carbonyl (C=O) groups is 3. The Morgan fingerprint density at radius 1 is 0.971 bits per heavy atom. The summed E-state index contributed by atoms with van der Waals surface area (Å²) >= 11 is 0. The van der Waals surface area contributed by atoms with Gasteiger partial charge in [-0.25, -0.2) is 4.79 Å². The van der Waals surface area contributed by atoms with E-state index in [2.05, 4.69) is 34.9 Å². The number of rotatable bonds is 10. The Labute approximate surface area is 205 Å². The van der Waals surface area contributed by atoms with E-state index in [1.807, 2.05) is 24.3 Å². The molecule has 0 aromatic heterocycles. The van der Waals surface area contributed by atoms with E-state index in [0.29, 0.717) is 25.3 Å². The molecule has 2 fully saturated rings. The molecular formula is C28H32N2O5. The second-order valence-corrected chi connectivity index (χ2v) is 10.2. The van der Waals surface area contributed by atoms with Crippen molar-refractivity contribution in [3.05, 3.63) is 59.7 Å².